The van der Waals surface area contributed by atoms with Crippen molar-refractivity contribution in [1.29, 1.82) is 0 Å². The van der Waals surface area contributed by atoms with E-state index in [0.29, 0.717) is 10.4 Å². The van der Waals surface area contributed by atoms with Crippen LogP contribution < -0.4 is 4.72 Å². The fraction of sp³-hybridized carbons (Fsp3) is 0.214. The van der Waals surface area contributed by atoms with Crippen molar-refractivity contribution in [3.8, 4) is 0 Å². The molecular formula is C14H15NO4S2. The van der Waals surface area contributed by atoms with E-state index in [1.165, 1.54) is 23.5 Å². The van der Waals surface area contributed by atoms with Crippen LogP contribution in [0.4, 0.5) is 5.69 Å². The van der Waals surface area contributed by atoms with Crippen molar-refractivity contribution in [3.05, 3.63) is 45.1 Å². The number of nitrogens with one attached hydrogen (secondary N) is 1. The fourth-order valence-corrected chi connectivity index (χ4v) is 4.73. The summed E-state index contributed by atoms with van der Waals surface area (Å²) >= 11 is 1.41. The molecule has 0 atom stereocenters. The van der Waals surface area contributed by atoms with E-state index in [0.717, 1.165) is 4.88 Å². The molecule has 1 heterocycles. The van der Waals surface area contributed by atoms with Crippen molar-refractivity contribution in [2.24, 2.45) is 0 Å². The second-order valence-electron chi connectivity index (χ2n) is 4.67. The highest BCUT2D eigenvalue weighted by molar-refractivity contribution is 7.93. The number of hydrogen-bond acceptors (Lipinski definition) is 4. The quantitative estimate of drug-likeness (QED) is 0.904. The zero-order chi connectivity index (χ0) is 15.8. The number of carbonyl (C=O) groups is 1. The summed E-state index contributed by atoms with van der Waals surface area (Å²) in [5.41, 5.74) is 0.741. The first-order chi connectivity index (χ1) is 9.72. The number of carboxylic acids is 1. The van der Waals surface area contributed by atoms with Gasteiger partial charge in [-0.25, -0.2) is 13.2 Å². The number of benzene rings is 1. The molecule has 0 saturated heterocycles. The summed E-state index contributed by atoms with van der Waals surface area (Å²) in [6.45, 7) is 5.16. The Morgan fingerprint density at radius 3 is 2.43 bits per heavy atom. The van der Waals surface area contributed by atoms with Crippen LogP contribution in [0.25, 0.3) is 0 Å². The van der Waals surface area contributed by atoms with Gasteiger partial charge in [0.15, 0.2) is 0 Å². The molecular weight excluding hydrogens is 310 g/mol. The molecule has 2 aromatic rings. The first kappa shape index (κ1) is 15.5. The van der Waals surface area contributed by atoms with Crippen molar-refractivity contribution < 1.29 is 18.3 Å². The average Bonchev–Trinajstić information content (AvgIpc) is 2.71. The van der Waals surface area contributed by atoms with E-state index in [2.05, 4.69) is 4.72 Å². The Bertz CT molecular complexity index is 806. The van der Waals surface area contributed by atoms with E-state index in [1.807, 2.05) is 6.92 Å². The van der Waals surface area contributed by atoms with Gasteiger partial charge in [-0.1, -0.05) is 6.07 Å². The molecule has 0 amide bonds. The Hall–Kier alpha value is -1.86. The van der Waals surface area contributed by atoms with Gasteiger partial charge in [0.2, 0.25) is 0 Å². The van der Waals surface area contributed by atoms with Crippen LogP contribution in [0.15, 0.2) is 29.2 Å². The van der Waals surface area contributed by atoms with Gasteiger partial charge in [-0.05, 0) is 44.5 Å². The lowest BCUT2D eigenvalue weighted by atomic mass is 10.1. The molecule has 7 heteroatoms. The van der Waals surface area contributed by atoms with Gasteiger partial charge in [0.1, 0.15) is 4.90 Å². The molecule has 1 aromatic heterocycles. The third-order valence-corrected chi connectivity index (χ3v) is 5.68. The molecule has 112 valence electrons. The predicted molar refractivity (Wildman–Crippen MR) is 82.7 cm³/mol. The predicted octanol–water partition coefficient (Wildman–Crippen LogP) is 3.17. The molecule has 0 fully saturated rings. The minimum absolute atomic E-state index is 0.0772. The lowest BCUT2D eigenvalue weighted by Gasteiger charge is -2.11. The maximum atomic E-state index is 12.4. The molecule has 0 spiro atoms. The fourth-order valence-electron chi connectivity index (χ4n) is 2.05. The molecule has 0 aliphatic heterocycles. The lowest BCUT2D eigenvalue weighted by molar-refractivity contribution is 0.0696. The normalized spacial score (nSPS) is 11.4. The molecule has 5 nitrogen and oxygen atoms in total. The van der Waals surface area contributed by atoms with E-state index in [9.17, 15) is 13.2 Å². The summed E-state index contributed by atoms with van der Waals surface area (Å²) < 4.78 is 27.3. The number of aromatic carboxylic acids is 1. The summed E-state index contributed by atoms with van der Waals surface area (Å²) in [7, 11) is -3.72. The average molecular weight is 325 g/mol. The second-order valence-corrected chi connectivity index (χ2v) is 7.78. The number of sulfonamides is 1. The Kier molecular flexibility index (Phi) is 4.06. The van der Waals surface area contributed by atoms with Crippen LogP contribution in [0, 0.1) is 20.8 Å². The molecule has 2 N–H and O–H groups in total. The Balaban J connectivity index is 2.45. The summed E-state index contributed by atoms with van der Waals surface area (Å²) in [4.78, 5) is 12.9. The van der Waals surface area contributed by atoms with Gasteiger partial charge in [-0.2, -0.15) is 0 Å². The molecule has 0 saturated carbocycles. The minimum atomic E-state index is -3.72. The smallest absolute Gasteiger partial charge is 0.336 e. The maximum Gasteiger partial charge on any atom is 0.336 e. The van der Waals surface area contributed by atoms with Crippen LogP contribution in [0.3, 0.4) is 0 Å². The highest BCUT2D eigenvalue weighted by atomic mass is 32.2. The number of hydrogen-bond donors (Lipinski definition) is 2. The third-order valence-electron chi connectivity index (χ3n) is 3.09. The van der Waals surface area contributed by atoms with Gasteiger partial charge in [-0.15, -0.1) is 11.3 Å². The van der Waals surface area contributed by atoms with Gasteiger partial charge in [0.05, 0.1) is 11.3 Å². The summed E-state index contributed by atoms with van der Waals surface area (Å²) in [5, 5.41) is 9.08. The van der Waals surface area contributed by atoms with Crippen LogP contribution in [0.5, 0.6) is 0 Å². The first-order valence-electron chi connectivity index (χ1n) is 6.15. The molecule has 0 radical (unpaired) electrons. The summed E-state index contributed by atoms with van der Waals surface area (Å²) in [6, 6.07) is 6.11. The van der Waals surface area contributed by atoms with E-state index < -0.39 is 16.0 Å². The van der Waals surface area contributed by atoms with Gasteiger partial charge in [0.25, 0.3) is 10.0 Å². The number of thiophene rings is 1. The van der Waals surface area contributed by atoms with E-state index >= 15 is 0 Å². The van der Waals surface area contributed by atoms with Crippen molar-refractivity contribution in [2.75, 3.05) is 4.72 Å². The highest BCUT2D eigenvalue weighted by Crippen LogP contribution is 2.28. The maximum absolute atomic E-state index is 12.4. The number of anilines is 1. The number of rotatable bonds is 4. The largest absolute Gasteiger partial charge is 0.478 e. The molecule has 0 unspecified atom stereocenters. The summed E-state index contributed by atoms with van der Waals surface area (Å²) in [6.07, 6.45) is 0. The van der Waals surface area contributed by atoms with Crippen molar-refractivity contribution in [1.82, 2.24) is 0 Å². The second kappa shape index (κ2) is 5.50. The zero-order valence-electron chi connectivity index (χ0n) is 11.8. The Labute approximate surface area is 127 Å². The summed E-state index contributed by atoms with van der Waals surface area (Å²) in [5.74, 6) is -1.09. The monoisotopic (exact) mass is 325 g/mol. The van der Waals surface area contributed by atoms with E-state index in [-0.39, 0.29) is 16.1 Å². The molecule has 21 heavy (non-hydrogen) atoms. The first-order valence-corrected chi connectivity index (χ1v) is 8.45. The van der Waals surface area contributed by atoms with Crippen molar-refractivity contribution >= 4 is 33.0 Å². The highest BCUT2D eigenvalue weighted by Gasteiger charge is 2.21. The molecule has 0 bridgehead atoms. The van der Waals surface area contributed by atoms with E-state index in [1.54, 1.807) is 26.0 Å². The van der Waals surface area contributed by atoms with E-state index in [4.69, 9.17) is 5.11 Å². The molecule has 1 aromatic carbocycles. The zero-order valence-corrected chi connectivity index (χ0v) is 13.4. The van der Waals surface area contributed by atoms with Gasteiger partial charge < -0.3 is 5.11 Å². The third kappa shape index (κ3) is 3.08. The molecule has 0 aliphatic carbocycles. The lowest BCUT2D eigenvalue weighted by Crippen LogP contribution is -2.15. The topological polar surface area (TPSA) is 83.5 Å². The SMILES string of the molecule is Cc1cc(S(=O)(=O)Nc2cccc(C(=O)O)c2C)c(C)s1. The Morgan fingerprint density at radius 2 is 1.90 bits per heavy atom. The van der Waals surface area contributed by atoms with Crippen molar-refractivity contribution in [2.45, 2.75) is 25.7 Å². The standard InChI is InChI=1S/C14H15NO4S2/c1-8-7-13(10(3)20-8)21(18,19)15-12-6-4-5-11(9(12)2)14(16)17/h4-7,15H,1-3H3,(H,16,17). The van der Waals surface area contributed by atoms with Crippen molar-refractivity contribution in [3.63, 3.8) is 0 Å². The molecule has 0 aliphatic rings. The van der Waals surface area contributed by atoms with Crippen LogP contribution in [-0.4, -0.2) is 19.5 Å². The Morgan fingerprint density at radius 1 is 1.24 bits per heavy atom. The van der Waals surface area contributed by atoms with Crippen LogP contribution >= 0.6 is 11.3 Å². The van der Waals surface area contributed by atoms with Crippen LogP contribution in [0.2, 0.25) is 0 Å². The van der Waals surface area contributed by atoms with Crippen LogP contribution in [0.1, 0.15) is 25.7 Å². The van der Waals surface area contributed by atoms with Gasteiger partial charge in [-0.3, -0.25) is 4.72 Å². The van der Waals surface area contributed by atoms with Gasteiger partial charge >= 0.3 is 5.97 Å². The molecule has 2 rings (SSSR count). The number of carboxylic acid groups (broad SMARTS) is 1. The number of aryl methyl sites for hydroxylation is 2. The van der Waals surface area contributed by atoms with Crippen LogP contribution in [-0.2, 0) is 10.0 Å². The van der Waals surface area contributed by atoms with Gasteiger partial charge in [0, 0.05) is 9.75 Å². The minimum Gasteiger partial charge on any atom is -0.478 e.